The standard InChI is InChI=1S/C7H8BrNO3/c1-11-9-6-2-5(3-8)4-12-7(6)10/h2H,3-4H2,1H3. The second-order valence-corrected chi connectivity index (χ2v) is 2.73. The number of cyclic esters (lactones) is 1. The van der Waals surface area contributed by atoms with Crippen LogP contribution in [0.5, 0.6) is 0 Å². The van der Waals surface area contributed by atoms with Crippen molar-refractivity contribution >= 4 is 27.6 Å². The van der Waals surface area contributed by atoms with E-state index < -0.39 is 5.97 Å². The van der Waals surface area contributed by atoms with Crippen LogP contribution in [0.3, 0.4) is 0 Å². The van der Waals surface area contributed by atoms with Crippen molar-refractivity contribution in [3.63, 3.8) is 0 Å². The molecule has 1 rings (SSSR count). The monoisotopic (exact) mass is 233 g/mol. The molecule has 0 unspecified atom stereocenters. The summed E-state index contributed by atoms with van der Waals surface area (Å²) in [5.74, 6) is -0.443. The molecular formula is C7H8BrNO3. The maximum Gasteiger partial charge on any atom is 0.360 e. The van der Waals surface area contributed by atoms with Gasteiger partial charge >= 0.3 is 5.97 Å². The highest BCUT2D eigenvalue weighted by Crippen LogP contribution is 2.08. The number of rotatable bonds is 2. The Bertz CT molecular complexity index is 247. The van der Waals surface area contributed by atoms with Crippen LogP contribution in [-0.4, -0.2) is 30.7 Å². The first-order chi connectivity index (χ1) is 5.77. The second kappa shape index (κ2) is 4.25. The minimum Gasteiger partial charge on any atom is -0.456 e. The summed E-state index contributed by atoms with van der Waals surface area (Å²) in [5.41, 5.74) is 1.17. The number of nitrogens with zero attached hydrogens (tertiary/aromatic N) is 1. The molecule has 1 aliphatic heterocycles. The number of esters is 1. The normalized spacial score (nSPS) is 20.3. The van der Waals surface area contributed by atoms with Crippen molar-refractivity contribution in [2.24, 2.45) is 5.16 Å². The summed E-state index contributed by atoms with van der Waals surface area (Å²) < 4.78 is 4.80. The number of oxime groups is 1. The molecular weight excluding hydrogens is 226 g/mol. The van der Waals surface area contributed by atoms with Gasteiger partial charge in [-0.25, -0.2) is 4.79 Å². The van der Waals surface area contributed by atoms with Crippen molar-refractivity contribution in [3.05, 3.63) is 11.6 Å². The van der Waals surface area contributed by atoms with Crippen LogP contribution in [0.1, 0.15) is 0 Å². The van der Waals surface area contributed by atoms with Crippen LogP contribution in [0.15, 0.2) is 16.8 Å². The lowest BCUT2D eigenvalue weighted by molar-refractivity contribution is -0.135. The van der Waals surface area contributed by atoms with Crippen LogP contribution in [0.2, 0.25) is 0 Å². The Morgan fingerprint density at radius 3 is 3.17 bits per heavy atom. The molecule has 0 saturated heterocycles. The third-order valence-corrected chi connectivity index (χ3v) is 2.02. The van der Waals surface area contributed by atoms with E-state index >= 15 is 0 Å². The number of hydrogen-bond donors (Lipinski definition) is 0. The first-order valence-corrected chi connectivity index (χ1v) is 4.43. The minimum atomic E-state index is -0.443. The smallest absolute Gasteiger partial charge is 0.360 e. The van der Waals surface area contributed by atoms with Gasteiger partial charge in [0.05, 0.1) is 0 Å². The molecule has 0 N–H and O–H groups in total. The Labute approximate surface area is 78.3 Å². The quantitative estimate of drug-likeness (QED) is 0.404. The van der Waals surface area contributed by atoms with Crippen molar-refractivity contribution < 1.29 is 14.4 Å². The number of ether oxygens (including phenoxy) is 1. The summed E-state index contributed by atoms with van der Waals surface area (Å²) in [6.45, 7) is 0.326. The lowest BCUT2D eigenvalue weighted by Crippen LogP contribution is -2.23. The molecule has 0 saturated carbocycles. The number of halogens is 1. The average molecular weight is 234 g/mol. The fourth-order valence-corrected chi connectivity index (χ4v) is 1.09. The Morgan fingerprint density at radius 2 is 2.58 bits per heavy atom. The Morgan fingerprint density at radius 1 is 1.83 bits per heavy atom. The van der Waals surface area contributed by atoms with Crippen molar-refractivity contribution in [2.45, 2.75) is 0 Å². The first-order valence-electron chi connectivity index (χ1n) is 3.31. The van der Waals surface area contributed by atoms with E-state index in [4.69, 9.17) is 4.74 Å². The van der Waals surface area contributed by atoms with E-state index in [1.165, 1.54) is 7.11 Å². The van der Waals surface area contributed by atoms with Gasteiger partial charge in [-0.3, -0.25) is 0 Å². The van der Waals surface area contributed by atoms with Crippen molar-refractivity contribution in [3.8, 4) is 0 Å². The van der Waals surface area contributed by atoms with E-state index in [1.54, 1.807) is 6.08 Å². The maximum absolute atomic E-state index is 11.0. The lowest BCUT2D eigenvalue weighted by Gasteiger charge is -2.11. The third-order valence-electron chi connectivity index (χ3n) is 1.30. The topological polar surface area (TPSA) is 47.9 Å². The SMILES string of the molecule is CON=C1C=C(CBr)COC1=O. The van der Waals surface area contributed by atoms with Crippen LogP contribution in [0.4, 0.5) is 0 Å². The van der Waals surface area contributed by atoms with Gasteiger partial charge in [0.2, 0.25) is 0 Å². The van der Waals surface area contributed by atoms with Gasteiger partial charge in [-0.05, 0) is 11.6 Å². The Balaban J connectivity index is 2.82. The van der Waals surface area contributed by atoms with Gasteiger partial charge in [0.15, 0.2) is 5.71 Å². The average Bonchev–Trinajstić information content (AvgIpc) is 2.09. The molecule has 0 aliphatic carbocycles. The summed E-state index contributed by atoms with van der Waals surface area (Å²) in [7, 11) is 1.39. The zero-order valence-corrected chi connectivity index (χ0v) is 8.13. The van der Waals surface area contributed by atoms with E-state index in [0.717, 1.165) is 5.57 Å². The Hall–Kier alpha value is -0.840. The fourth-order valence-electron chi connectivity index (χ4n) is 0.765. The fraction of sp³-hybridized carbons (Fsp3) is 0.429. The highest BCUT2D eigenvalue weighted by atomic mass is 79.9. The van der Waals surface area contributed by atoms with Crippen molar-refractivity contribution in [1.29, 1.82) is 0 Å². The van der Waals surface area contributed by atoms with Crippen LogP contribution >= 0.6 is 15.9 Å². The first kappa shape index (κ1) is 9.25. The van der Waals surface area contributed by atoms with E-state index in [1.807, 2.05) is 0 Å². The summed E-state index contributed by atoms with van der Waals surface area (Å²) >= 11 is 3.25. The number of carbonyl (C=O) groups excluding carboxylic acids is 1. The van der Waals surface area contributed by atoms with E-state index in [2.05, 4.69) is 25.9 Å². The summed E-state index contributed by atoms with van der Waals surface area (Å²) in [4.78, 5) is 15.4. The van der Waals surface area contributed by atoms with Crippen LogP contribution < -0.4 is 0 Å². The molecule has 0 spiro atoms. The number of hydrogen-bond acceptors (Lipinski definition) is 4. The maximum atomic E-state index is 11.0. The highest BCUT2D eigenvalue weighted by Gasteiger charge is 2.18. The summed E-state index contributed by atoms with van der Waals surface area (Å²) in [5, 5.41) is 4.18. The van der Waals surface area contributed by atoms with Crippen LogP contribution in [0, 0.1) is 0 Å². The molecule has 0 aromatic carbocycles. The molecule has 1 heterocycles. The van der Waals surface area contributed by atoms with Gasteiger partial charge < -0.3 is 9.57 Å². The molecule has 66 valence electrons. The van der Waals surface area contributed by atoms with Gasteiger partial charge in [0, 0.05) is 5.33 Å². The molecule has 4 nitrogen and oxygen atoms in total. The largest absolute Gasteiger partial charge is 0.456 e. The second-order valence-electron chi connectivity index (χ2n) is 2.17. The van der Waals surface area contributed by atoms with E-state index in [9.17, 15) is 4.79 Å². The third kappa shape index (κ3) is 2.07. The van der Waals surface area contributed by atoms with Gasteiger partial charge in [-0.1, -0.05) is 21.1 Å². The molecule has 5 heteroatoms. The van der Waals surface area contributed by atoms with Crippen LogP contribution in [0.25, 0.3) is 0 Å². The zero-order valence-electron chi connectivity index (χ0n) is 6.54. The number of carbonyl (C=O) groups is 1. The molecule has 0 radical (unpaired) electrons. The predicted octanol–water partition coefficient (Wildman–Crippen LogP) is 0.867. The predicted molar refractivity (Wildman–Crippen MR) is 47.3 cm³/mol. The van der Waals surface area contributed by atoms with E-state index in [0.29, 0.717) is 11.9 Å². The van der Waals surface area contributed by atoms with Gasteiger partial charge in [0.25, 0.3) is 0 Å². The van der Waals surface area contributed by atoms with E-state index in [-0.39, 0.29) is 5.71 Å². The molecule has 1 aliphatic rings. The van der Waals surface area contributed by atoms with Crippen molar-refractivity contribution in [1.82, 2.24) is 0 Å². The molecule has 0 fully saturated rings. The Kier molecular flexibility index (Phi) is 3.28. The van der Waals surface area contributed by atoms with Crippen LogP contribution in [-0.2, 0) is 14.4 Å². The van der Waals surface area contributed by atoms with Gasteiger partial charge in [0.1, 0.15) is 13.7 Å². The lowest BCUT2D eigenvalue weighted by atomic mass is 10.2. The van der Waals surface area contributed by atoms with Crippen molar-refractivity contribution in [2.75, 3.05) is 19.0 Å². The summed E-state index contributed by atoms with van der Waals surface area (Å²) in [6, 6.07) is 0. The molecule has 0 aromatic rings. The van der Waals surface area contributed by atoms with Gasteiger partial charge in [-0.2, -0.15) is 0 Å². The highest BCUT2D eigenvalue weighted by molar-refractivity contribution is 9.09. The minimum absolute atomic E-state index is 0.207. The molecule has 12 heavy (non-hydrogen) atoms. The molecule has 0 amide bonds. The molecule has 0 bridgehead atoms. The molecule has 0 aromatic heterocycles. The zero-order chi connectivity index (χ0) is 8.97. The molecule has 0 atom stereocenters. The van der Waals surface area contributed by atoms with Gasteiger partial charge in [-0.15, -0.1) is 0 Å². The number of alkyl halides is 1. The summed E-state index contributed by atoms with van der Waals surface area (Å²) in [6.07, 6.45) is 1.66.